The molecule has 0 radical (unpaired) electrons. The molecule has 1 saturated heterocycles. The number of ether oxygens (including phenoxy) is 3. The highest BCUT2D eigenvalue weighted by molar-refractivity contribution is 8.32. The van der Waals surface area contributed by atoms with Gasteiger partial charge in [0, 0.05) is 29.1 Å². The molecule has 5 heterocycles. The summed E-state index contributed by atoms with van der Waals surface area (Å²) in [4.78, 5) is 20.7. The van der Waals surface area contributed by atoms with Crippen LogP contribution >= 0.6 is 21.4 Å². The molecule has 12 heteroatoms. The number of aromatic nitrogens is 2. The maximum atomic E-state index is 14.0. The van der Waals surface area contributed by atoms with Crippen molar-refractivity contribution in [1.82, 2.24) is 14.7 Å². The molecule has 3 aromatic rings. The quantitative estimate of drug-likeness (QED) is 0.434. The molecule has 0 bridgehead atoms. The van der Waals surface area contributed by atoms with E-state index in [1.165, 1.54) is 0 Å². The zero-order valence-electron chi connectivity index (χ0n) is 22.9. The van der Waals surface area contributed by atoms with Gasteiger partial charge in [-0.3, -0.25) is 4.79 Å². The fourth-order valence-corrected chi connectivity index (χ4v) is 6.37. The minimum absolute atomic E-state index is 0.126. The van der Waals surface area contributed by atoms with Crippen molar-refractivity contribution >= 4 is 33.1 Å². The third-order valence-corrected chi connectivity index (χ3v) is 9.25. The Morgan fingerprint density at radius 1 is 1.23 bits per heavy atom. The average molecular weight is 569 g/mol. The van der Waals surface area contributed by atoms with Gasteiger partial charge in [0.2, 0.25) is 0 Å². The number of nitrogens with zero attached hydrogens (tertiary/aromatic N) is 6. The van der Waals surface area contributed by atoms with E-state index in [2.05, 4.69) is 29.0 Å². The van der Waals surface area contributed by atoms with Gasteiger partial charge in [-0.25, -0.2) is 19.7 Å². The molecular formula is C27H32N6O4S2. The lowest BCUT2D eigenvalue weighted by Gasteiger charge is -2.41. The zero-order chi connectivity index (χ0) is 27.5. The fraction of sp³-hybridized carbons (Fsp3) is 0.444. The summed E-state index contributed by atoms with van der Waals surface area (Å²) in [5, 5.41) is 17.8. The maximum absolute atomic E-state index is 14.0. The van der Waals surface area contributed by atoms with Gasteiger partial charge in [0.25, 0.3) is 5.91 Å². The van der Waals surface area contributed by atoms with Gasteiger partial charge in [-0.15, -0.1) is 10.2 Å². The molecule has 0 spiro atoms. The Kier molecular flexibility index (Phi) is 6.31. The number of rotatable bonds is 5. The van der Waals surface area contributed by atoms with Crippen LogP contribution in [-0.2, 0) is 11.3 Å². The highest BCUT2D eigenvalue weighted by Crippen LogP contribution is 2.47. The first-order valence-corrected chi connectivity index (χ1v) is 16.5. The number of amidine groups is 1. The predicted molar refractivity (Wildman–Crippen MR) is 154 cm³/mol. The highest BCUT2D eigenvalue weighted by Gasteiger charge is 2.39. The number of carbonyl (C=O) groups excluding carboxylic acids is 1. The number of carbonyl (C=O) groups is 1. The summed E-state index contributed by atoms with van der Waals surface area (Å²) in [5.74, 6) is 1.66. The van der Waals surface area contributed by atoms with Gasteiger partial charge in [-0.2, -0.15) is 16.4 Å². The SMILES string of the molecule is COc1cc2c(cc1C1=NC(S(C)(C)C)N=N1)-c1c(c(C(=O)N3CCOCC3(C)C)nn1-c1ccsc1)CO2. The second kappa shape index (κ2) is 9.46. The van der Waals surface area contributed by atoms with Crippen LogP contribution in [-0.4, -0.2) is 83.1 Å². The number of fused-ring (bicyclic) bond motifs is 3. The Hall–Kier alpha value is -3.22. The van der Waals surface area contributed by atoms with E-state index in [1.54, 1.807) is 18.4 Å². The smallest absolute Gasteiger partial charge is 0.275 e. The van der Waals surface area contributed by atoms with Gasteiger partial charge >= 0.3 is 0 Å². The molecule has 0 aliphatic carbocycles. The number of morpholine rings is 1. The van der Waals surface area contributed by atoms with E-state index in [0.717, 1.165) is 28.1 Å². The first kappa shape index (κ1) is 26.0. The third-order valence-electron chi connectivity index (χ3n) is 7.11. The second-order valence-electron chi connectivity index (χ2n) is 11.2. The minimum Gasteiger partial charge on any atom is -0.496 e. The van der Waals surface area contributed by atoms with E-state index >= 15 is 0 Å². The molecule has 206 valence electrons. The van der Waals surface area contributed by atoms with Crippen LogP contribution in [0.1, 0.15) is 35.5 Å². The Morgan fingerprint density at radius 3 is 2.72 bits per heavy atom. The summed E-state index contributed by atoms with van der Waals surface area (Å²) in [6.45, 7) is 5.73. The van der Waals surface area contributed by atoms with E-state index in [4.69, 9.17) is 24.3 Å². The lowest BCUT2D eigenvalue weighted by Crippen LogP contribution is -2.55. The molecule has 6 rings (SSSR count). The fourth-order valence-electron chi connectivity index (χ4n) is 5.01. The van der Waals surface area contributed by atoms with Crippen LogP contribution in [0.3, 0.4) is 0 Å². The monoisotopic (exact) mass is 568 g/mol. The molecule has 1 atom stereocenters. The largest absolute Gasteiger partial charge is 0.496 e. The van der Waals surface area contributed by atoms with Crippen molar-refractivity contribution in [2.75, 3.05) is 45.6 Å². The van der Waals surface area contributed by atoms with Crippen LogP contribution in [0.5, 0.6) is 11.5 Å². The number of methoxy groups -OCH3 is 1. The third kappa shape index (κ3) is 4.44. The number of azo groups is 1. The summed E-state index contributed by atoms with van der Waals surface area (Å²) < 4.78 is 19.5. The van der Waals surface area contributed by atoms with Crippen LogP contribution in [0.15, 0.2) is 44.2 Å². The van der Waals surface area contributed by atoms with E-state index < -0.39 is 15.6 Å². The van der Waals surface area contributed by atoms with Crippen LogP contribution < -0.4 is 9.47 Å². The summed E-state index contributed by atoms with van der Waals surface area (Å²) in [6.07, 6.45) is 6.50. The van der Waals surface area contributed by atoms with Crippen molar-refractivity contribution in [1.29, 1.82) is 0 Å². The normalized spacial score (nSPS) is 20.2. The van der Waals surface area contributed by atoms with Crippen molar-refractivity contribution in [3.63, 3.8) is 0 Å². The average Bonchev–Trinajstić information content (AvgIpc) is 3.66. The maximum Gasteiger partial charge on any atom is 0.275 e. The summed E-state index contributed by atoms with van der Waals surface area (Å²) >= 11 is 1.58. The molecule has 0 N–H and O–H groups in total. The van der Waals surface area contributed by atoms with E-state index in [9.17, 15) is 4.79 Å². The van der Waals surface area contributed by atoms with Gasteiger partial charge in [-0.1, -0.05) is 0 Å². The van der Waals surface area contributed by atoms with Gasteiger partial charge in [0.15, 0.2) is 17.0 Å². The van der Waals surface area contributed by atoms with Crippen LogP contribution in [0.25, 0.3) is 16.9 Å². The van der Waals surface area contributed by atoms with E-state index in [-0.39, 0.29) is 18.0 Å². The molecule has 3 aliphatic heterocycles. The number of hydrogen-bond donors (Lipinski definition) is 0. The summed E-state index contributed by atoms with van der Waals surface area (Å²) in [6, 6.07) is 5.83. The Balaban J connectivity index is 1.52. The number of aliphatic imine (C=N–C) groups is 1. The van der Waals surface area contributed by atoms with Crippen LogP contribution in [0, 0.1) is 0 Å². The molecule has 10 nitrogen and oxygen atoms in total. The highest BCUT2D eigenvalue weighted by atomic mass is 32.3. The van der Waals surface area contributed by atoms with Crippen molar-refractivity contribution < 1.29 is 19.0 Å². The van der Waals surface area contributed by atoms with Crippen molar-refractivity contribution in [2.24, 2.45) is 15.2 Å². The number of benzene rings is 1. The minimum atomic E-state index is -1.07. The molecule has 1 aromatic carbocycles. The molecule has 0 saturated carbocycles. The summed E-state index contributed by atoms with van der Waals surface area (Å²) in [5.41, 5.74) is 3.74. The molecule has 39 heavy (non-hydrogen) atoms. The Bertz CT molecular complexity index is 1500. The topological polar surface area (TPSA) is 103 Å². The van der Waals surface area contributed by atoms with Crippen molar-refractivity contribution in [3.05, 3.63) is 45.8 Å². The Morgan fingerprint density at radius 2 is 2.05 bits per heavy atom. The lowest BCUT2D eigenvalue weighted by molar-refractivity contribution is -0.0374. The molecule has 1 fully saturated rings. The van der Waals surface area contributed by atoms with Crippen molar-refractivity contribution in [3.8, 4) is 28.4 Å². The van der Waals surface area contributed by atoms with Crippen molar-refractivity contribution in [2.45, 2.75) is 31.5 Å². The van der Waals surface area contributed by atoms with E-state index in [1.807, 2.05) is 52.4 Å². The van der Waals surface area contributed by atoms with Crippen LogP contribution in [0.2, 0.25) is 0 Å². The number of hydrogen-bond acceptors (Lipinski definition) is 9. The second-order valence-corrected chi connectivity index (χ2v) is 16.2. The molecule has 1 unspecified atom stereocenters. The van der Waals surface area contributed by atoms with E-state index in [0.29, 0.717) is 42.8 Å². The predicted octanol–water partition coefficient (Wildman–Crippen LogP) is 4.94. The standard InChI is InChI=1S/C27H32N6O4S2/c1-27(2)15-36-9-8-32(27)25(34)22-19-13-37-21-12-20(35-3)18(24-28-26(30-29-24)39(4,5)6)11-17(21)23(19)33(31-22)16-7-10-38-14-16/h7,10-12,14,26H,8-9,13,15H2,1-6H3. The molecule has 1 amide bonds. The molecule has 2 aromatic heterocycles. The number of amides is 1. The number of thiophene rings is 1. The van der Waals surface area contributed by atoms with Gasteiger partial charge in [0.1, 0.15) is 18.1 Å². The Labute approximate surface area is 233 Å². The molecule has 3 aliphatic rings. The molecular weight excluding hydrogens is 536 g/mol. The summed E-state index contributed by atoms with van der Waals surface area (Å²) in [7, 11) is 0.551. The van der Waals surface area contributed by atoms with Gasteiger partial charge < -0.3 is 19.1 Å². The first-order chi connectivity index (χ1) is 18.6. The lowest BCUT2D eigenvalue weighted by atomic mass is 9.97. The van der Waals surface area contributed by atoms with Crippen LogP contribution in [0.4, 0.5) is 0 Å². The van der Waals surface area contributed by atoms with Gasteiger partial charge in [0.05, 0.1) is 42.8 Å². The van der Waals surface area contributed by atoms with Gasteiger partial charge in [-0.05, 0) is 50.1 Å². The zero-order valence-corrected chi connectivity index (χ0v) is 24.6. The first-order valence-electron chi connectivity index (χ1n) is 12.6.